The first kappa shape index (κ1) is 17.9. The van der Waals surface area contributed by atoms with E-state index in [2.05, 4.69) is 21.7 Å². The van der Waals surface area contributed by atoms with Crippen LogP contribution in [0.25, 0.3) is 0 Å². The smallest absolute Gasteiger partial charge is 0.246 e. The van der Waals surface area contributed by atoms with E-state index in [4.69, 9.17) is 0 Å². The van der Waals surface area contributed by atoms with E-state index in [0.717, 1.165) is 17.7 Å². The van der Waals surface area contributed by atoms with Gasteiger partial charge in [0.05, 0.1) is 6.54 Å². The van der Waals surface area contributed by atoms with Gasteiger partial charge >= 0.3 is 0 Å². The first-order valence-electron chi connectivity index (χ1n) is 8.74. The molecule has 0 aromatic heterocycles. The van der Waals surface area contributed by atoms with E-state index in [1.165, 1.54) is 17.7 Å². The molecular formula is C20H23FN4O. The number of rotatable bonds is 5. The number of halogens is 1. The largest absolute Gasteiger partial charge is 0.356 e. The minimum absolute atomic E-state index is 0.0167. The summed E-state index contributed by atoms with van der Waals surface area (Å²) < 4.78 is 13.2. The molecule has 2 aromatic carbocycles. The highest BCUT2D eigenvalue weighted by molar-refractivity contribution is 5.98. The first-order valence-corrected chi connectivity index (χ1v) is 8.74. The van der Waals surface area contributed by atoms with Crippen molar-refractivity contribution in [3.63, 3.8) is 0 Å². The predicted octanol–water partition coefficient (Wildman–Crippen LogP) is 2.12. The second kappa shape index (κ2) is 8.47. The van der Waals surface area contributed by atoms with Crippen molar-refractivity contribution in [2.45, 2.75) is 12.8 Å². The number of aliphatic imine (C=N–C) groups is 1. The second-order valence-corrected chi connectivity index (χ2v) is 6.16. The first-order chi connectivity index (χ1) is 12.7. The summed E-state index contributed by atoms with van der Waals surface area (Å²) in [6.07, 6.45) is 1.56. The van der Waals surface area contributed by atoms with Gasteiger partial charge in [-0.15, -0.1) is 0 Å². The Balaban J connectivity index is 1.46. The molecule has 3 rings (SSSR count). The van der Waals surface area contributed by atoms with Gasteiger partial charge in [0.1, 0.15) is 5.82 Å². The highest BCUT2D eigenvalue weighted by Gasteiger charge is 2.23. The van der Waals surface area contributed by atoms with Crippen molar-refractivity contribution >= 4 is 17.6 Å². The lowest BCUT2D eigenvalue weighted by molar-refractivity contribution is -0.117. The molecule has 2 aromatic rings. The summed E-state index contributed by atoms with van der Waals surface area (Å²) in [7, 11) is 1.66. The predicted molar refractivity (Wildman–Crippen MR) is 102 cm³/mol. The third kappa shape index (κ3) is 4.39. The molecular weight excluding hydrogens is 331 g/mol. The van der Waals surface area contributed by atoms with Crippen LogP contribution in [0.3, 0.4) is 0 Å². The summed E-state index contributed by atoms with van der Waals surface area (Å²) in [5.41, 5.74) is 3.12. The third-order valence-corrected chi connectivity index (χ3v) is 4.41. The number of carbonyl (C=O) groups is 1. The van der Waals surface area contributed by atoms with Gasteiger partial charge in [-0.25, -0.2) is 4.39 Å². The molecule has 1 amide bonds. The Morgan fingerprint density at radius 3 is 2.85 bits per heavy atom. The molecule has 5 nitrogen and oxygen atoms in total. The maximum absolute atomic E-state index is 13.2. The number of benzene rings is 2. The molecule has 1 heterocycles. The van der Waals surface area contributed by atoms with Gasteiger partial charge in [-0.1, -0.05) is 30.3 Å². The molecule has 0 atom stereocenters. The SMILES string of the molecule is CN=C(NCCc1cccc(F)c1)NCC(=O)N1CCc2ccccc21. The van der Waals surface area contributed by atoms with E-state index >= 15 is 0 Å². The molecule has 6 heteroatoms. The maximum atomic E-state index is 13.2. The average Bonchev–Trinajstić information content (AvgIpc) is 3.08. The summed E-state index contributed by atoms with van der Waals surface area (Å²) in [5.74, 6) is 0.340. The highest BCUT2D eigenvalue weighted by Crippen LogP contribution is 2.27. The van der Waals surface area contributed by atoms with Crippen molar-refractivity contribution < 1.29 is 9.18 Å². The van der Waals surface area contributed by atoms with Crippen molar-refractivity contribution in [1.82, 2.24) is 10.6 Å². The van der Waals surface area contributed by atoms with Gasteiger partial charge in [-0.2, -0.15) is 0 Å². The molecule has 136 valence electrons. The number of amides is 1. The summed E-state index contributed by atoms with van der Waals surface area (Å²) in [6.45, 7) is 1.49. The van der Waals surface area contributed by atoms with Crippen LogP contribution in [0.5, 0.6) is 0 Å². The molecule has 1 aliphatic rings. The fourth-order valence-electron chi connectivity index (χ4n) is 3.09. The van der Waals surface area contributed by atoms with Gasteiger partial charge in [0.15, 0.2) is 5.96 Å². The lowest BCUT2D eigenvalue weighted by Crippen LogP contribution is -2.44. The van der Waals surface area contributed by atoms with Crippen molar-refractivity contribution in [2.24, 2.45) is 4.99 Å². The molecule has 0 radical (unpaired) electrons. The molecule has 26 heavy (non-hydrogen) atoms. The molecule has 0 aliphatic carbocycles. The van der Waals surface area contributed by atoms with E-state index in [1.807, 2.05) is 29.2 Å². The zero-order valence-corrected chi connectivity index (χ0v) is 14.8. The van der Waals surface area contributed by atoms with Gasteiger partial charge in [-0.3, -0.25) is 9.79 Å². The van der Waals surface area contributed by atoms with Gasteiger partial charge in [0, 0.05) is 25.8 Å². The Hall–Kier alpha value is -2.89. The van der Waals surface area contributed by atoms with E-state index in [-0.39, 0.29) is 18.3 Å². The summed E-state index contributed by atoms with van der Waals surface area (Å²) in [4.78, 5) is 18.4. The fourth-order valence-corrected chi connectivity index (χ4v) is 3.09. The molecule has 0 bridgehead atoms. The Morgan fingerprint density at radius 1 is 1.19 bits per heavy atom. The van der Waals surface area contributed by atoms with Crippen LogP contribution in [-0.4, -0.2) is 38.5 Å². The van der Waals surface area contributed by atoms with Crippen molar-refractivity contribution in [3.8, 4) is 0 Å². The monoisotopic (exact) mass is 354 g/mol. The Kier molecular flexibility index (Phi) is 5.84. The lowest BCUT2D eigenvalue weighted by Gasteiger charge is -2.18. The zero-order valence-electron chi connectivity index (χ0n) is 14.8. The molecule has 0 spiro atoms. The van der Waals surface area contributed by atoms with Crippen LogP contribution in [0.2, 0.25) is 0 Å². The molecule has 0 saturated heterocycles. The quantitative estimate of drug-likeness (QED) is 0.639. The summed E-state index contributed by atoms with van der Waals surface area (Å²) in [5, 5.41) is 6.20. The second-order valence-electron chi connectivity index (χ2n) is 6.16. The minimum atomic E-state index is -0.235. The van der Waals surface area contributed by atoms with Crippen LogP contribution in [0, 0.1) is 5.82 Å². The minimum Gasteiger partial charge on any atom is -0.356 e. The molecule has 0 fully saturated rings. The van der Waals surface area contributed by atoms with E-state index in [9.17, 15) is 9.18 Å². The topological polar surface area (TPSA) is 56.7 Å². The fraction of sp³-hybridized carbons (Fsp3) is 0.300. The molecule has 0 unspecified atom stereocenters. The van der Waals surface area contributed by atoms with E-state index in [1.54, 1.807) is 13.1 Å². The Morgan fingerprint density at radius 2 is 2.04 bits per heavy atom. The Bertz CT molecular complexity index is 806. The number of fused-ring (bicyclic) bond motifs is 1. The van der Waals surface area contributed by atoms with Gasteiger partial charge in [-0.05, 0) is 42.2 Å². The van der Waals surface area contributed by atoms with Crippen LogP contribution in [0.15, 0.2) is 53.5 Å². The molecule has 0 saturated carbocycles. The van der Waals surface area contributed by atoms with E-state index < -0.39 is 0 Å². The zero-order chi connectivity index (χ0) is 18.4. The normalized spacial score (nSPS) is 13.5. The molecule has 1 aliphatic heterocycles. The number of para-hydroxylation sites is 1. The number of guanidine groups is 1. The highest BCUT2D eigenvalue weighted by atomic mass is 19.1. The van der Waals surface area contributed by atoms with Crippen LogP contribution < -0.4 is 15.5 Å². The average molecular weight is 354 g/mol. The Labute approximate surface area is 152 Å². The standard InChI is InChI=1S/C20H23FN4O/c1-22-20(23-11-9-15-5-4-7-17(21)13-15)24-14-19(26)25-12-10-16-6-2-3-8-18(16)25/h2-8,13H,9-12,14H2,1H3,(H2,22,23,24). The third-order valence-electron chi connectivity index (χ3n) is 4.41. The van der Waals surface area contributed by atoms with Crippen LogP contribution >= 0.6 is 0 Å². The van der Waals surface area contributed by atoms with Crippen LogP contribution in [-0.2, 0) is 17.6 Å². The summed E-state index contributed by atoms with van der Waals surface area (Å²) >= 11 is 0. The number of hydrogen-bond acceptors (Lipinski definition) is 2. The number of nitrogens with zero attached hydrogens (tertiary/aromatic N) is 2. The summed E-state index contributed by atoms with van der Waals surface area (Å²) in [6, 6.07) is 14.5. The van der Waals surface area contributed by atoms with E-state index in [0.29, 0.717) is 25.5 Å². The van der Waals surface area contributed by atoms with Crippen LogP contribution in [0.4, 0.5) is 10.1 Å². The maximum Gasteiger partial charge on any atom is 0.246 e. The molecule has 2 N–H and O–H groups in total. The number of anilines is 1. The number of hydrogen-bond donors (Lipinski definition) is 2. The number of nitrogens with one attached hydrogen (secondary N) is 2. The van der Waals surface area contributed by atoms with Crippen molar-refractivity contribution in [3.05, 3.63) is 65.5 Å². The van der Waals surface area contributed by atoms with Crippen molar-refractivity contribution in [1.29, 1.82) is 0 Å². The van der Waals surface area contributed by atoms with Crippen molar-refractivity contribution in [2.75, 3.05) is 31.6 Å². The van der Waals surface area contributed by atoms with Crippen LogP contribution in [0.1, 0.15) is 11.1 Å². The van der Waals surface area contributed by atoms with Gasteiger partial charge < -0.3 is 15.5 Å². The van der Waals surface area contributed by atoms with Gasteiger partial charge in [0.25, 0.3) is 0 Å². The lowest BCUT2D eigenvalue weighted by atomic mass is 10.1. The van der Waals surface area contributed by atoms with Gasteiger partial charge in [0.2, 0.25) is 5.91 Å². The number of carbonyl (C=O) groups excluding carboxylic acids is 1.